The molecule has 0 fully saturated rings. The van der Waals surface area contributed by atoms with Gasteiger partial charge in [-0.3, -0.25) is 0 Å². The zero-order valence-corrected chi connectivity index (χ0v) is 17.4. The van der Waals surface area contributed by atoms with Crippen molar-refractivity contribution in [1.29, 1.82) is 0 Å². The van der Waals surface area contributed by atoms with Gasteiger partial charge in [0.1, 0.15) is 13.1 Å². The minimum absolute atomic E-state index is 0.704. The average molecular weight is 399 g/mol. The summed E-state index contributed by atoms with van der Waals surface area (Å²) in [6.07, 6.45) is 10.7. The first-order chi connectivity index (χ1) is 14.8. The van der Waals surface area contributed by atoms with E-state index >= 15 is 0 Å². The van der Waals surface area contributed by atoms with Crippen molar-refractivity contribution in [3.05, 3.63) is 84.2 Å². The van der Waals surface area contributed by atoms with Crippen molar-refractivity contribution in [3.63, 3.8) is 0 Å². The predicted octanol–water partition coefficient (Wildman–Crippen LogP) is 3.44. The molecular formula is C26H30N4+2. The second kappa shape index (κ2) is 9.61. The topological polar surface area (TPSA) is 59.8 Å². The van der Waals surface area contributed by atoms with E-state index in [1.807, 2.05) is 0 Å². The Morgan fingerprint density at radius 3 is 1.47 bits per heavy atom. The van der Waals surface area contributed by atoms with Crippen molar-refractivity contribution in [2.24, 2.45) is 11.5 Å². The Balaban J connectivity index is 1.72. The molecule has 0 saturated heterocycles. The molecule has 0 aliphatic rings. The maximum Gasteiger partial charge on any atom is 0.213 e. The second-order valence-corrected chi connectivity index (χ2v) is 7.58. The lowest BCUT2D eigenvalue weighted by atomic mass is 10.0. The highest BCUT2D eigenvalue weighted by atomic mass is 14.9. The van der Waals surface area contributed by atoms with Crippen LogP contribution in [0.1, 0.15) is 24.0 Å². The highest BCUT2D eigenvalue weighted by molar-refractivity contribution is 5.93. The van der Waals surface area contributed by atoms with Crippen molar-refractivity contribution in [2.45, 2.75) is 25.9 Å². The van der Waals surface area contributed by atoms with Gasteiger partial charge in [0.15, 0.2) is 12.4 Å². The molecule has 0 spiro atoms. The van der Waals surface area contributed by atoms with E-state index in [9.17, 15) is 0 Å². The summed E-state index contributed by atoms with van der Waals surface area (Å²) in [6, 6.07) is 21.5. The molecule has 4 aromatic rings. The highest BCUT2D eigenvalue weighted by Crippen LogP contribution is 2.21. The minimum Gasteiger partial charge on any atom is -0.330 e. The Morgan fingerprint density at radius 1 is 0.600 bits per heavy atom. The molecule has 2 heterocycles. The van der Waals surface area contributed by atoms with E-state index in [-0.39, 0.29) is 0 Å². The van der Waals surface area contributed by atoms with Gasteiger partial charge in [0.2, 0.25) is 11.0 Å². The molecule has 0 amide bonds. The van der Waals surface area contributed by atoms with Gasteiger partial charge in [-0.1, -0.05) is 36.4 Å². The summed E-state index contributed by atoms with van der Waals surface area (Å²) in [5.74, 6) is 0. The van der Waals surface area contributed by atoms with Crippen LogP contribution in [0.2, 0.25) is 0 Å². The normalized spacial score (nSPS) is 11.7. The summed E-state index contributed by atoms with van der Waals surface area (Å²) in [5, 5.41) is 2.51. The SMILES string of the molecule is NCCC[n+]1ccc(/C=C\c2cc[n+](CCCN)c3ccccc23)c2ccccc21. The molecule has 0 aliphatic heterocycles. The predicted molar refractivity (Wildman–Crippen MR) is 125 cm³/mol. The summed E-state index contributed by atoms with van der Waals surface area (Å²) in [7, 11) is 0. The molecule has 152 valence electrons. The largest absolute Gasteiger partial charge is 0.330 e. The van der Waals surface area contributed by atoms with Gasteiger partial charge in [-0.2, -0.15) is 9.13 Å². The number of pyridine rings is 2. The van der Waals surface area contributed by atoms with Crippen molar-refractivity contribution in [3.8, 4) is 0 Å². The first-order valence-electron chi connectivity index (χ1n) is 10.7. The lowest BCUT2D eigenvalue weighted by molar-refractivity contribution is -0.671. The van der Waals surface area contributed by atoms with Crippen LogP contribution in [0.5, 0.6) is 0 Å². The quantitative estimate of drug-likeness (QED) is 0.447. The molecule has 0 bridgehead atoms. The lowest BCUT2D eigenvalue weighted by Crippen LogP contribution is -2.35. The number of nitrogens with two attached hydrogens (primary N) is 2. The van der Waals surface area contributed by atoms with Crippen LogP contribution >= 0.6 is 0 Å². The first-order valence-corrected chi connectivity index (χ1v) is 10.7. The molecule has 0 aliphatic carbocycles. The average Bonchev–Trinajstić information content (AvgIpc) is 2.80. The van der Waals surface area contributed by atoms with Gasteiger partial charge in [0.05, 0.1) is 10.8 Å². The minimum atomic E-state index is 0.704. The molecule has 2 aromatic heterocycles. The van der Waals surface area contributed by atoms with Crippen LogP contribution in [-0.2, 0) is 13.1 Å². The van der Waals surface area contributed by atoms with Crippen LogP contribution in [0.25, 0.3) is 34.0 Å². The fraction of sp³-hybridized carbons (Fsp3) is 0.231. The van der Waals surface area contributed by atoms with E-state index in [1.54, 1.807) is 0 Å². The number of aryl methyl sites for hydroxylation is 2. The zero-order valence-electron chi connectivity index (χ0n) is 17.4. The summed E-state index contributed by atoms with van der Waals surface area (Å²) in [6.45, 7) is 3.28. The smallest absolute Gasteiger partial charge is 0.213 e. The molecule has 0 atom stereocenters. The van der Waals surface area contributed by atoms with Crippen molar-refractivity contribution >= 4 is 34.0 Å². The highest BCUT2D eigenvalue weighted by Gasteiger charge is 2.12. The molecular weight excluding hydrogens is 368 g/mol. The monoisotopic (exact) mass is 398 g/mol. The molecule has 4 nitrogen and oxygen atoms in total. The molecule has 0 saturated carbocycles. The number of aromatic nitrogens is 2. The van der Waals surface area contributed by atoms with E-state index in [0.717, 1.165) is 25.9 Å². The second-order valence-electron chi connectivity index (χ2n) is 7.58. The number of hydrogen-bond acceptors (Lipinski definition) is 2. The summed E-state index contributed by atoms with van der Waals surface area (Å²) >= 11 is 0. The van der Waals surface area contributed by atoms with E-state index < -0.39 is 0 Å². The molecule has 2 aromatic carbocycles. The summed E-state index contributed by atoms with van der Waals surface area (Å²) in [4.78, 5) is 0. The Bertz CT molecular complexity index is 1090. The maximum atomic E-state index is 5.71. The third-order valence-corrected chi connectivity index (χ3v) is 5.57. The van der Waals surface area contributed by atoms with Crippen LogP contribution in [0.15, 0.2) is 73.1 Å². The maximum absolute atomic E-state index is 5.71. The van der Waals surface area contributed by atoms with E-state index in [4.69, 9.17) is 11.5 Å². The van der Waals surface area contributed by atoms with E-state index in [2.05, 4.69) is 94.3 Å². The van der Waals surface area contributed by atoms with Gasteiger partial charge in [0.25, 0.3) is 0 Å². The molecule has 0 radical (unpaired) electrons. The van der Waals surface area contributed by atoms with Crippen LogP contribution in [0.3, 0.4) is 0 Å². The van der Waals surface area contributed by atoms with Gasteiger partial charge in [-0.25, -0.2) is 0 Å². The van der Waals surface area contributed by atoms with Crippen LogP contribution < -0.4 is 20.6 Å². The van der Waals surface area contributed by atoms with E-state index in [0.29, 0.717) is 13.1 Å². The third kappa shape index (κ3) is 4.25. The Morgan fingerprint density at radius 2 is 1.03 bits per heavy atom. The molecule has 0 unspecified atom stereocenters. The number of rotatable bonds is 8. The first kappa shape index (κ1) is 20.2. The molecule has 30 heavy (non-hydrogen) atoms. The zero-order chi connectivity index (χ0) is 20.8. The van der Waals surface area contributed by atoms with Gasteiger partial charge in [-0.15, -0.1) is 0 Å². The number of fused-ring (bicyclic) bond motifs is 2. The van der Waals surface area contributed by atoms with Crippen LogP contribution in [0, 0.1) is 0 Å². The fourth-order valence-electron chi connectivity index (χ4n) is 4.00. The standard InChI is InChI=1S/C26H30N4/c27-15-5-17-29-19-13-21(23-7-1-3-9-25(23)29)11-12-22-14-20-30(18-6-16-28)26-10-4-2-8-24(22)26/h1-4,7-14,19-20H,5-6,15-18,27-28H2/q+2/b12-11-. The van der Waals surface area contributed by atoms with E-state index in [1.165, 1.54) is 32.9 Å². The van der Waals surface area contributed by atoms with Crippen LogP contribution in [-0.4, -0.2) is 13.1 Å². The summed E-state index contributed by atoms with van der Waals surface area (Å²) < 4.78 is 4.58. The van der Waals surface area contributed by atoms with Gasteiger partial charge >= 0.3 is 0 Å². The van der Waals surface area contributed by atoms with Gasteiger partial charge in [0, 0.05) is 37.1 Å². The number of benzene rings is 2. The van der Waals surface area contributed by atoms with Gasteiger partial charge in [-0.05, 0) is 36.3 Å². The number of hydrogen-bond donors (Lipinski definition) is 2. The Hall–Kier alpha value is -3.08. The molecule has 4 rings (SSSR count). The Kier molecular flexibility index (Phi) is 6.47. The number of para-hydroxylation sites is 2. The van der Waals surface area contributed by atoms with Gasteiger partial charge < -0.3 is 11.5 Å². The molecule has 4 N–H and O–H groups in total. The third-order valence-electron chi connectivity index (χ3n) is 5.57. The van der Waals surface area contributed by atoms with Crippen molar-refractivity contribution < 1.29 is 9.13 Å². The van der Waals surface area contributed by atoms with Crippen molar-refractivity contribution in [1.82, 2.24) is 0 Å². The Labute approximate surface area is 178 Å². The lowest BCUT2D eigenvalue weighted by Gasteiger charge is -2.05. The van der Waals surface area contributed by atoms with Crippen molar-refractivity contribution in [2.75, 3.05) is 13.1 Å². The summed E-state index contributed by atoms with van der Waals surface area (Å²) in [5.41, 5.74) is 16.4. The number of nitrogens with zero attached hydrogens (tertiary/aromatic N) is 2. The molecule has 4 heteroatoms. The van der Waals surface area contributed by atoms with Crippen LogP contribution in [0.4, 0.5) is 0 Å². The fourth-order valence-corrected chi connectivity index (χ4v) is 4.00.